The summed E-state index contributed by atoms with van der Waals surface area (Å²) < 4.78 is 80.4. The summed E-state index contributed by atoms with van der Waals surface area (Å²) in [5.74, 6) is -22.2. The van der Waals surface area contributed by atoms with Crippen LogP contribution in [0.25, 0.3) is 0 Å². The molecule has 16 heteroatoms. The Hall–Kier alpha value is -4.79. The Morgan fingerprint density at radius 3 is 2.05 bits per heavy atom. The van der Waals surface area contributed by atoms with Gasteiger partial charge in [0.1, 0.15) is 23.8 Å². The van der Waals surface area contributed by atoms with E-state index in [0.29, 0.717) is 4.47 Å². The topological polar surface area (TPSA) is 104 Å². The van der Waals surface area contributed by atoms with E-state index in [-0.39, 0.29) is 40.5 Å². The number of ether oxygens (including phenoxy) is 1. The minimum atomic E-state index is -2.79. The number of phenols is 1. The van der Waals surface area contributed by atoms with E-state index in [1.54, 1.807) is 42.5 Å². The van der Waals surface area contributed by atoms with Crippen LogP contribution in [-0.2, 0) is 25.8 Å². The van der Waals surface area contributed by atoms with Crippen molar-refractivity contribution in [3.8, 4) is 11.5 Å². The van der Waals surface area contributed by atoms with E-state index in [1.807, 2.05) is 18.2 Å². The molecular formula is C39H24BrCl2F5N2O6. The number of carbonyl (C=O) groups excluding carboxylic acids is 4. The van der Waals surface area contributed by atoms with Crippen LogP contribution >= 0.6 is 39.1 Å². The summed E-state index contributed by atoms with van der Waals surface area (Å²) in [7, 11) is 0. The number of carbonyl (C=O) groups is 4. The van der Waals surface area contributed by atoms with Crippen molar-refractivity contribution < 1.29 is 51.0 Å². The second-order valence-electron chi connectivity index (χ2n) is 13.7. The van der Waals surface area contributed by atoms with E-state index in [4.69, 9.17) is 27.9 Å². The van der Waals surface area contributed by atoms with Gasteiger partial charge in [0, 0.05) is 22.0 Å². The summed E-state index contributed by atoms with van der Waals surface area (Å²) in [6.45, 7) is 0.0957. The van der Waals surface area contributed by atoms with Crippen LogP contribution in [-0.4, -0.2) is 38.5 Å². The van der Waals surface area contributed by atoms with Crippen LogP contribution < -0.4 is 14.5 Å². The standard InChI is InChI=1S/C39H24BrCl2F5N2O6/c40-18-6-8-19(9-7-18)48-34(51)23-13-12-21-24(26(23)35(48)52)15-38(41)36(53)49(33-31(46)29(44)28(43)30(45)32(33)47)37(54)39(38,42)27(21)22-11-10-20(14-25(22)50)55-16-17-4-2-1-3-5-17/h1-12,14,23-24,26-27,50H,13,15-16H2. The third kappa shape index (κ3) is 5.27. The maximum atomic E-state index is 15.3. The quantitative estimate of drug-likeness (QED) is 0.0524. The Labute approximate surface area is 327 Å². The number of hydrogen-bond acceptors (Lipinski definition) is 6. The predicted octanol–water partition coefficient (Wildman–Crippen LogP) is 8.20. The molecule has 6 atom stereocenters. The number of fused-ring (bicyclic) bond motifs is 4. The summed E-state index contributed by atoms with van der Waals surface area (Å²) in [5, 5.41) is 11.6. The third-order valence-corrected chi connectivity index (χ3v) is 12.8. The van der Waals surface area contributed by atoms with Crippen molar-refractivity contribution in [3.63, 3.8) is 0 Å². The highest BCUT2D eigenvalue weighted by Gasteiger charge is 2.77. The van der Waals surface area contributed by atoms with Crippen molar-refractivity contribution in [3.05, 3.63) is 129 Å². The summed E-state index contributed by atoms with van der Waals surface area (Å²) in [6.07, 6.45) is 0.811. The van der Waals surface area contributed by atoms with Gasteiger partial charge in [-0.05, 0) is 54.7 Å². The molecule has 55 heavy (non-hydrogen) atoms. The van der Waals surface area contributed by atoms with Gasteiger partial charge in [-0.2, -0.15) is 0 Å². The van der Waals surface area contributed by atoms with E-state index in [0.717, 1.165) is 10.5 Å². The number of allylic oxidation sites excluding steroid dienone is 2. The molecule has 4 aromatic rings. The second-order valence-corrected chi connectivity index (χ2v) is 15.8. The van der Waals surface area contributed by atoms with Crippen molar-refractivity contribution in [2.24, 2.45) is 17.8 Å². The summed E-state index contributed by atoms with van der Waals surface area (Å²) in [5.41, 5.74) is -0.784. The number of halogens is 8. The maximum absolute atomic E-state index is 15.3. The van der Waals surface area contributed by atoms with Gasteiger partial charge in [0.05, 0.1) is 17.5 Å². The summed E-state index contributed by atoms with van der Waals surface area (Å²) in [4.78, 5) is 52.3. The molecule has 3 fully saturated rings. The molecule has 8 rings (SSSR count). The van der Waals surface area contributed by atoms with Crippen LogP contribution in [0, 0.1) is 46.8 Å². The first-order valence-electron chi connectivity index (χ1n) is 16.7. The molecule has 2 aliphatic carbocycles. The van der Waals surface area contributed by atoms with Crippen molar-refractivity contribution in [1.29, 1.82) is 0 Å². The molecule has 0 spiro atoms. The Bertz CT molecular complexity index is 2360. The highest BCUT2D eigenvalue weighted by atomic mass is 79.9. The average Bonchev–Trinajstić information content (AvgIpc) is 3.51. The molecule has 0 radical (unpaired) electrons. The number of alkyl halides is 2. The lowest BCUT2D eigenvalue weighted by Crippen LogP contribution is -2.60. The second kappa shape index (κ2) is 13.2. The lowest BCUT2D eigenvalue weighted by molar-refractivity contribution is -0.125. The lowest BCUT2D eigenvalue weighted by Gasteiger charge is -2.50. The van der Waals surface area contributed by atoms with Crippen LogP contribution in [0.15, 0.2) is 88.9 Å². The molecular weight excluding hydrogens is 838 g/mol. The minimum absolute atomic E-state index is 0.0601. The van der Waals surface area contributed by atoms with Gasteiger partial charge in [0.15, 0.2) is 33.0 Å². The zero-order valence-corrected chi connectivity index (χ0v) is 30.9. The van der Waals surface area contributed by atoms with Gasteiger partial charge in [-0.3, -0.25) is 24.1 Å². The van der Waals surface area contributed by atoms with Gasteiger partial charge in [-0.25, -0.2) is 26.9 Å². The number of hydrogen-bond donors (Lipinski definition) is 1. The maximum Gasteiger partial charge on any atom is 0.258 e. The first kappa shape index (κ1) is 37.1. The molecule has 4 aliphatic rings. The smallest absolute Gasteiger partial charge is 0.258 e. The zero-order chi connectivity index (χ0) is 39.3. The van der Waals surface area contributed by atoms with Crippen molar-refractivity contribution in [1.82, 2.24) is 0 Å². The van der Waals surface area contributed by atoms with Crippen LogP contribution in [0.1, 0.15) is 29.9 Å². The molecule has 0 bridgehead atoms. The van der Waals surface area contributed by atoms with Crippen molar-refractivity contribution in [2.75, 3.05) is 9.80 Å². The zero-order valence-electron chi connectivity index (χ0n) is 27.8. The Kier molecular flexibility index (Phi) is 8.89. The number of rotatable bonds is 6. The monoisotopic (exact) mass is 860 g/mol. The first-order chi connectivity index (χ1) is 26.1. The number of phenolic OH excluding ortho intramolecular Hbond substituents is 1. The van der Waals surface area contributed by atoms with Gasteiger partial charge in [-0.15, -0.1) is 23.2 Å². The largest absolute Gasteiger partial charge is 0.508 e. The lowest BCUT2D eigenvalue weighted by atomic mass is 9.56. The SMILES string of the molecule is O=C1C2CC=C3C(CC4(Cl)C(=O)N(c5c(F)c(F)c(F)c(F)c5F)C(=O)C4(Cl)C3c3ccc(OCc4ccccc4)cc3O)C2C(=O)N1c1ccc(Br)cc1. The van der Waals surface area contributed by atoms with Gasteiger partial charge >= 0.3 is 0 Å². The first-order valence-corrected chi connectivity index (χ1v) is 18.3. The molecule has 6 unspecified atom stereocenters. The molecule has 0 aromatic heterocycles. The van der Waals surface area contributed by atoms with Crippen LogP contribution in [0.5, 0.6) is 11.5 Å². The predicted molar refractivity (Wildman–Crippen MR) is 192 cm³/mol. The molecule has 4 amide bonds. The molecule has 282 valence electrons. The Balaban J connectivity index is 1.28. The van der Waals surface area contributed by atoms with Gasteiger partial charge in [-0.1, -0.05) is 64.0 Å². The van der Waals surface area contributed by atoms with Gasteiger partial charge in [0.2, 0.25) is 17.6 Å². The Morgan fingerprint density at radius 1 is 0.782 bits per heavy atom. The van der Waals surface area contributed by atoms with E-state index < -0.39 is 104 Å². The van der Waals surface area contributed by atoms with E-state index in [1.165, 1.54) is 18.2 Å². The summed E-state index contributed by atoms with van der Waals surface area (Å²) in [6, 6.07) is 19.3. The fourth-order valence-corrected chi connectivity index (χ4v) is 9.55. The highest BCUT2D eigenvalue weighted by molar-refractivity contribution is 9.10. The summed E-state index contributed by atoms with van der Waals surface area (Å²) >= 11 is 17.7. The molecule has 8 nitrogen and oxygen atoms in total. The number of aromatic hydroxyl groups is 1. The fraction of sp³-hybridized carbons (Fsp3) is 0.231. The highest BCUT2D eigenvalue weighted by Crippen LogP contribution is 2.67. The number of anilines is 2. The fourth-order valence-electron chi connectivity index (χ4n) is 8.36. The molecule has 1 saturated carbocycles. The molecule has 2 saturated heterocycles. The molecule has 2 aliphatic heterocycles. The van der Waals surface area contributed by atoms with Crippen molar-refractivity contribution >= 4 is 74.1 Å². The molecule has 2 heterocycles. The molecule has 4 aromatic carbocycles. The van der Waals surface area contributed by atoms with Crippen LogP contribution in [0.2, 0.25) is 0 Å². The third-order valence-electron chi connectivity index (χ3n) is 10.9. The van der Waals surface area contributed by atoms with E-state index in [2.05, 4.69) is 15.9 Å². The minimum Gasteiger partial charge on any atom is -0.508 e. The average molecular weight is 862 g/mol. The number of imide groups is 2. The normalized spacial score (nSPS) is 27.2. The van der Waals surface area contributed by atoms with Gasteiger partial charge < -0.3 is 9.84 Å². The van der Waals surface area contributed by atoms with E-state index in [9.17, 15) is 37.5 Å². The van der Waals surface area contributed by atoms with E-state index >= 15 is 8.78 Å². The van der Waals surface area contributed by atoms with Crippen molar-refractivity contribution in [2.45, 2.75) is 35.1 Å². The Morgan fingerprint density at radius 2 is 1.42 bits per heavy atom. The molecule has 1 N–H and O–H groups in total. The number of nitrogens with zero attached hydrogens (tertiary/aromatic N) is 2. The van der Waals surface area contributed by atoms with Crippen LogP contribution in [0.3, 0.4) is 0 Å². The van der Waals surface area contributed by atoms with Gasteiger partial charge in [0.25, 0.3) is 11.8 Å². The number of amides is 4. The van der Waals surface area contributed by atoms with Crippen LogP contribution in [0.4, 0.5) is 33.3 Å². The number of benzene rings is 4.